The van der Waals surface area contributed by atoms with Gasteiger partial charge in [0, 0.05) is 36.0 Å². The molecule has 0 bridgehead atoms. The average Bonchev–Trinajstić information content (AvgIpc) is 3.60. The van der Waals surface area contributed by atoms with Gasteiger partial charge < -0.3 is 35.5 Å². The van der Waals surface area contributed by atoms with Crippen LogP contribution in [0.3, 0.4) is 0 Å². The molecule has 252 valence electrons. The molecule has 5 rings (SSSR count). The molecule has 0 saturated heterocycles. The molecule has 1 aliphatic carbocycles. The Morgan fingerprint density at radius 1 is 0.833 bits per heavy atom. The van der Waals surface area contributed by atoms with Crippen LogP contribution in [0, 0.1) is 0 Å². The van der Waals surface area contributed by atoms with Gasteiger partial charge in [-0.2, -0.15) is 0 Å². The molecule has 0 radical (unpaired) electrons. The largest absolute Gasteiger partial charge is 0.480 e. The van der Waals surface area contributed by atoms with Crippen LogP contribution in [-0.2, 0) is 25.5 Å². The molecule has 1 aromatic heterocycles. The van der Waals surface area contributed by atoms with Gasteiger partial charge in [0.15, 0.2) is 0 Å². The number of hydrogen-bond acceptors (Lipinski definition) is 6. The lowest BCUT2D eigenvalue weighted by molar-refractivity contribution is -0.142. The fourth-order valence-electron chi connectivity index (χ4n) is 6.02. The van der Waals surface area contributed by atoms with Crippen LogP contribution >= 0.6 is 0 Å². The second-order valence-corrected chi connectivity index (χ2v) is 12.9. The van der Waals surface area contributed by atoms with E-state index in [1.54, 1.807) is 27.0 Å². The molecule has 5 N–H and O–H groups in total. The van der Waals surface area contributed by atoms with Crippen molar-refractivity contribution in [3.63, 3.8) is 0 Å². The summed E-state index contributed by atoms with van der Waals surface area (Å²) in [7, 11) is 0. The van der Waals surface area contributed by atoms with Crippen LogP contribution in [0.25, 0.3) is 22.0 Å². The lowest BCUT2D eigenvalue weighted by Gasteiger charge is -2.22. The number of carbonyl (C=O) groups excluding carboxylic acids is 3. The second kappa shape index (κ2) is 15.1. The third-order valence-electron chi connectivity index (χ3n) is 8.25. The molecule has 1 aliphatic rings. The van der Waals surface area contributed by atoms with E-state index in [2.05, 4.69) is 20.9 Å². The molecule has 1 heterocycles. The zero-order chi connectivity index (χ0) is 34.3. The Balaban J connectivity index is 1.23. The smallest absolute Gasteiger partial charge is 0.407 e. The van der Waals surface area contributed by atoms with E-state index in [1.165, 1.54) is 0 Å². The lowest BCUT2D eigenvalue weighted by atomic mass is 9.98. The van der Waals surface area contributed by atoms with Crippen LogP contribution in [0.15, 0.2) is 79.0 Å². The quantitative estimate of drug-likeness (QED) is 0.113. The summed E-state index contributed by atoms with van der Waals surface area (Å²) in [5.41, 5.74) is 5.34. The molecule has 11 heteroatoms. The van der Waals surface area contributed by atoms with Crippen LogP contribution in [0.1, 0.15) is 62.6 Å². The maximum absolute atomic E-state index is 13.6. The minimum Gasteiger partial charge on any atom is -0.480 e. The van der Waals surface area contributed by atoms with Crippen LogP contribution in [-0.4, -0.2) is 65.0 Å². The van der Waals surface area contributed by atoms with Crippen molar-refractivity contribution in [1.29, 1.82) is 0 Å². The number of benzene rings is 3. The predicted octanol–water partition coefficient (Wildman–Crippen LogP) is 5.88. The number of rotatable bonds is 13. The van der Waals surface area contributed by atoms with Crippen molar-refractivity contribution in [3.8, 4) is 11.1 Å². The van der Waals surface area contributed by atoms with Crippen molar-refractivity contribution in [2.45, 2.75) is 70.1 Å². The highest BCUT2D eigenvalue weighted by molar-refractivity contribution is 5.91. The van der Waals surface area contributed by atoms with Gasteiger partial charge in [-0.25, -0.2) is 14.4 Å². The normalized spacial score (nSPS) is 13.6. The summed E-state index contributed by atoms with van der Waals surface area (Å²) in [4.78, 5) is 54.1. The zero-order valence-electron chi connectivity index (χ0n) is 27.4. The highest BCUT2D eigenvalue weighted by Crippen LogP contribution is 2.44. The molecule has 3 amide bonds. The predicted molar refractivity (Wildman–Crippen MR) is 182 cm³/mol. The number of amides is 3. The molecule has 3 aromatic carbocycles. The number of carbonyl (C=O) groups is 4. The first-order chi connectivity index (χ1) is 23.0. The Morgan fingerprint density at radius 3 is 2.15 bits per heavy atom. The van der Waals surface area contributed by atoms with Gasteiger partial charge in [0.05, 0.1) is 0 Å². The van der Waals surface area contributed by atoms with Gasteiger partial charge in [-0.15, -0.1) is 0 Å². The van der Waals surface area contributed by atoms with Crippen molar-refractivity contribution in [2.24, 2.45) is 0 Å². The number of alkyl carbamates (subject to hydrolysis) is 2. The maximum atomic E-state index is 13.6. The number of hydrogen-bond donors (Lipinski definition) is 5. The van der Waals surface area contributed by atoms with Gasteiger partial charge in [0.2, 0.25) is 5.91 Å². The molecule has 4 aromatic rings. The van der Waals surface area contributed by atoms with Crippen LogP contribution in [0.2, 0.25) is 0 Å². The second-order valence-electron chi connectivity index (χ2n) is 12.9. The fourth-order valence-corrected chi connectivity index (χ4v) is 6.02. The number of para-hydroxylation sites is 1. The number of nitrogens with one attached hydrogen (secondary N) is 4. The number of fused-ring (bicyclic) bond motifs is 4. The summed E-state index contributed by atoms with van der Waals surface area (Å²) < 4.78 is 10.9. The van der Waals surface area contributed by atoms with Crippen LogP contribution < -0.4 is 16.0 Å². The van der Waals surface area contributed by atoms with Crippen molar-refractivity contribution < 1.29 is 33.8 Å². The Labute approximate surface area is 279 Å². The minimum absolute atomic E-state index is 0.0658. The molecule has 0 fully saturated rings. The Hall–Kier alpha value is -5.32. The number of aliphatic carboxylic acids is 1. The van der Waals surface area contributed by atoms with Gasteiger partial charge >= 0.3 is 18.2 Å². The molecule has 0 saturated carbocycles. The number of H-pyrrole nitrogens is 1. The van der Waals surface area contributed by atoms with Crippen molar-refractivity contribution in [2.75, 3.05) is 13.2 Å². The third-order valence-corrected chi connectivity index (χ3v) is 8.25. The highest BCUT2D eigenvalue weighted by atomic mass is 16.6. The highest BCUT2D eigenvalue weighted by Gasteiger charge is 2.31. The van der Waals surface area contributed by atoms with E-state index in [9.17, 15) is 24.3 Å². The monoisotopic (exact) mass is 654 g/mol. The summed E-state index contributed by atoms with van der Waals surface area (Å²) in [5.74, 6) is -2.01. The molecule has 0 unspecified atom stereocenters. The lowest BCUT2D eigenvalue weighted by Crippen LogP contribution is -2.52. The fraction of sp³-hybridized carbons (Fsp3) is 0.351. The van der Waals surface area contributed by atoms with E-state index < -0.39 is 41.7 Å². The summed E-state index contributed by atoms with van der Waals surface area (Å²) in [6.07, 6.45) is 1.57. The van der Waals surface area contributed by atoms with Gasteiger partial charge in [-0.3, -0.25) is 4.79 Å². The summed E-state index contributed by atoms with van der Waals surface area (Å²) >= 11 is 0. The van der Waals surface area contributed by atoms with E-state index in [1.807, 2.05) is 72.8 Å². The molecule has 48 heavy (non-hydrogen) atoms. The van der Waals surface area contributed by atoms with Crippen LogP contribution in [0.5, 0.6) is 0 Å². The topological polar surface area (TPSA) is 159 Å². The average molecular weight is 655 g/mol. The number of unbranched alkanes of at least 4 members (excludes halogenated alkanes) is 1. The molecule has 0 aliphatic heterocycles. The van der Waals surface area contributed by atoms with E-state index in [4.69, 9.17) is 9.47 Å². The van der Waals surface area contributed by atoms with Gasteiger partial charge in [-0.05, 0) is 73.9 Å². The summed E-state index contributed by atoms with van der Waals surface area (Å²) in [6.45, 7) is 5.65. The number of carboxylic acids is 1. The first kappa shape index (κ1) is 34.0. The standard InChI is InChI=1S/C37H42N4O7/c1-37(2,3)48-35(45)38-19-11-10-18-31(34(43)44)40-33(42)32(20-23-21-39-30-17-9-8-12-24(23)30)41-36(46)47-22-29-27-15-6-4-13-25(27)26-14-5-7-16-28(26)29/h4-9,12-17,21,29,31-32,39H,10-11,18-20,22H2,1-3H3,(H,38,45)(H,40,42)(H,41,46)(H,43,44)/t31-,32-/m0/s1. The SMILES string of the molecule is CC(C)(C)OC(=O)NCCCC[C@H](NC(=O)[C@H](Cc1c[nH]c2ccccc12)NC(=O)OCC1c2ccccc2-c2ccccc21)C(=O)O. The summed E-state index contributed by atoms with van der Waals surface area (Å²) in [6, 6.07) is 21.3. The van der Waals surface area contributed by atoms with Gasteiger partial charge in [0.25, 0.3) is 0 Å². The van der Waals surface area contributed by atoms with E-state index >= 15 is 0 Å². The van der Waals surface area contributed by atoms with Gasteiger partial charge in [0.1, 0.15) is 24.3 Å². The first-order valence-corrected chi connectivity index (χ1v) is 16.2. The number of ether oxygens (including phenoxy) is 2. The van der Waals surface area contributed by atoms with Gasteiger partial charge in [-0.1, -0.05) is 66.7 Å². The van der Waals surface area contributed by atoms with E-state index in [0.717, 1.165) is 38.7 Å². The number of aromatic nitrogens is 1. The molecule has 0 spiro atoms. The van der Waals surface area contributed by atoms with Crippen molar-refractivity contribution in [3.05, 3.63) is 95.7 Å². The van der Waals surface area contributed by atoms with E-state index in [0.29, 0.717) is 19.4 Å². The van der Waals surface area contributed by atoms with Crippen molar-refractivity contribution in [1.82, 2.24) is 20.9 Å². The first-order valence-electron chi connectivity index (χ1n) is 16.2. The molecule has 11 nitrogen and oxygen atoms in total. The minimum atomic E-state index is -1.20. The maximum Gasteiger partial charge on any atom is 0.407 e. The number of aromatic amines is 1. The Morgan fingerprint density at radius 2 is 1.48 bits per heavy atom. The van der Waals surface area contributed by atoms with E-state index in [-0.39, 0.29) is 25.4 Å². The molecular formula is C37H42N4O7. The summed E-state index contributed by atoms with van der Waals surface area (Å²) in [5, 5.41) is 18.7. The molecular weight excluding hydrogens is 612 g/mol. The Bertz CT molecular complexity index is 1730. The zero-order valence-corrected chi connectivity index (χ0v) is 27.4. The third kappa shape index (κ3) is 8.52. The Kier molecular flexibility index (Phi) is 10.7. The molecule has 2 atom stereocenters. The van der Waals surface area contributed by atoms with Crippen molar-refractivity contribution >= 4 is 35.0 Å². The van der Waals surface area contributed by atoms with Crippen LogP contribution in [0.4, 0.5) is 9.59 Å². The number of carboxylic acid groups (broad SMARTS) is 1.